The van der Waals surface area contributed by atoms with Crippen LogP contribution in [0.3, 0.4) is 0 Å². The van der Waals surface area contributed by atoms with Gasteiger partial charge in [-0.2, -0.15) is 0 Å². The number of aryl methyl sites for hydroxylation is 2. The predicted molar refractivity (Wildman–Crippen MR) is 401 cm³/mol. The average Bonchev–Trinajstić information content (AvgIpc) is 1.67. The van der Waals surface area contributed by atoms with E-state index in [4.69, 9.17) is 5.48 Å². The van der Waals surface area contributed by atoms with E-state index in [9.17, 15) is 24.7 Å². The van der Waals surface area contributed by atoms with Gasteiger partial charge in [0.25, 0.3) is 0 Å². The first-order chi connectivity index (χ1) is 55.8. The van der Waals surface area contributed by atoms with E-state index in [0.29, 0.717) is 56.1 Å². The van der Waals surface area contributed by atoms with Gasteiger partial charge in [-0.15, -0.1) is 0 Å². The fourth-order valence-electron chi connectivity index (χ4n) is 14.8. The normalized spacial score (nSPS) is 17.0. The van der Waals surface area contributed by atoms with Crippen LogP contribution in [0.25, 0.3) is 108 Å². The third-order valence-corrected chi connectivity index (χ3v) is 21.2. The molecule has 1 aliphatic carbocycles. The molecule has 0 radical (unpaired) electrons. The third kappa shape index (κ3) is 8.52. The number of fused-ring (bicyclic) bond motifs is 14. The maximum atomic E-state index is 11.7. The standard InChI is InChI=1S/C90H66N4Se/c1-55-46-71(57-26-10-6-11-27-57)87(72(47-55)58-28-12-7-13-29-58)93-77-53-63(91-75-39-23-20-36-66(75)83-65-35-19-18-34-61(65)50-79(83)91)42-44-68(77)84-69-45-43-64(92-76-40-24-21-37-67(76)85-70-38-22-25-41-82(70)95-89(85)92)54-78(69)94(81-52-62(90(3,4)5)51-80(93)86(81)84)88-73(59-30-14-8-15-31-59)48-56(2)49-74(88)60-32-16-9-17-33-60/h6-49,51-54,84H,50H2,1-5H3/i18D,19D,20D,21D,22D,23D,24D,25D,34D,35D,36D,37D,38D,39D,40D,41D,42D,43D,44D,45D,53D,54D. The molecule has 0 amide bonds. The van der Waals surface area contributed by atoms with Crippen LogP contribution in [0.2, 0.25) is 0 Å². The molecule has 0 saturated heterocycles. The van der Waals surface area contributed by atoms with Gasteiger partial charge in [-0.25, -0.2) is 0 Å². The molecule has 5 heterocycles. The second-order valence-corrected chi connectivity index (χ2v) is 27.7. The Balaban J connectivity index is 1.06. The Morgan fingerprint density at radius 1 is 0.432 bits per heavy atom. The summed E-state index contributed by atoms with van der Waals surface area (Å²) in [5, 5.41) is -0.215. The Bertz CT molecular complexity index is 7070. The second kappa shape index (κ2) is 21.3. The number of rotatable bonds is 8. The van der Waals surface area contributed by atoms with E-state index in [1.807, 2.05) is 202 Å². The third-order valence-electron chi connectivity index (χ3n) is 18.9. The van der Waals surface area contributed by atoms with Crippen LogP contribution in [-0.4, -0.2) is 23.6 Å². The molecule has 3 aromatic heterocycles. The number of anilines is 6. The molecule has 0 fully saturated rings. The molecule has 0 N–H and O–H groups in total. The van der Waals surface area contributed by atoms with Gasteiger partial charge in [0, 0.05) is 23.1 Å². The van der Waals surface area contributed by atoms with E-state index < -0.39 is 153 Å². The van der Waals surface area contributed by atoms with E-state index in [0.717, 1.165) is 33.4 Å². The molecule has 452 valence electrons. The van der Waals surface area contributed by atoms with Crippen LogP contribution in [0.5, 0.6) is 0 Å². The summed E-state index contributed by atoms with van der Waals surface area (Å²) < 4.78 is 222. The van der Waals surface area contributed by atoms with Gasteiger partial charge in [-0.1, -0.05) is 103 Å². The molecule has 13 aromatic carbocycles. The van der Waals surface area contributed by atoms with Gasteiger partial charge in [0.05, 0.1) is 16.5 Å². The maximum absolute atomic E-state index is 11.7. The number of benzene rings is 13. The van der Waals surface area contributed by atoms with Crippen molar-refractivity contribution in [3.05, 3.63) is 335 Å². The zero-order valence-electron chi connectivity index (χ0n) is 74.0. The van der Waals surface area contributed by atoms with Crippen molar-refractivity contribution < 1.29 is 30.2 Å². The van der Waals surface area contributed by atoms with Crippen molar-refractivity contribution in [1.82, 2.24) is 9.13 Å². The molecule has 95 heavy (non-hydrogen) atoms. The second-order valence-electron chi connectivity index (χ2n) is 25.6. The van der Waals surface area contributed by atoms with Crippen LogP contribution < -0.4 is 9.80 Å². The van der Waals surface area contributed by atoms with Crippen molar-refractivity contribution in [2.24, 2.45) is 0 Å². The molecule has 3 aliphatic rings. The van der Waals surface area contributed by atoms with Gasteiger partial charge in [-0.3, -0.25) is 0 Å². The van der Waals surface area contributed by atoms with Crippen LogP contribution >= 0.6 is 0 Å². The van der Waals surface area contributed by atoms with Crippen molar-refractivity contribution in [3.8, 4) is 67.0 Å². The first kappa shape index (κ1) is 37.7. The molecule has 2 aliphatic heterocycles. The number of nitrogens with zero attached hydrogens (tertiary/aromatic N) is 4. The van der Waals surface area contributed by atoms with E-state index in [-0.39, 0.29) is 110 Å². The molecule has 19 rings (SSSR count). The molecule has 0 bridgehead atoms. The molecule has 4 nitrogen and oxygen atoms in total. The van der Waals surface area contributed by atoms with Crippen LogP contribution in [0.4, 0.5) is 34.1 Å². The summed E-state index contributed by atoms with van der Waals surface area (Å²) in [6.45, 7) is 10.1. The Morgan fingerprint density at radius 2 is 0.874 bits per heavy atom. The van der Waals surface area contributed by atoms with Gasteiger partial charge in [0.2, 0.25) is 0 Å². The molecular weight excluding hydrogens is 1220 g/mol. The summed E-state index contributed by atoms with van der Waals surface area (Å²) in [5.41, 5.74) is 7.81. The predicted octanol–water partition coefficient (Wildman–Crippen LogP) is 23.8. The summed E-state index contributed by atoms with van der Waals surface area (Å²) in [7, 11) is 0. The Labute approximate surface area is 591 Å². The average molecular weight is 1300 g/mol. The first-order valence-corrected chi connectivity index (χ1v) is 33.2. The quantitative estimate of drug-likeness (QED) is 0.141. The number of hydrogen-bond donors (Lipinski definition) is 0. The molecule has 0 spiro atoms. The van der Waals surface area contributed by atoms with Gasteiger partial charge in [0.1, 0.15) is 0 Å². The van der Waals surface area contributed by atoms with Crippen LogP contribution in [0.15, 0.2) is 291 Å². The number of aromatic nitrogens is 2. The Kier molecular flexibility index (Phi) is 8.45. The summed E-state index contributed by atoms with van der Waals surface area (Å²) in [4.78, 5) is 3.88. The van der Waals surface area contributed by atoms with Gasteiger partial charge >= 0.3 is 398 Å². The molecule has 5 heteroatoms. The monoisotopic (exact) mass is 1300 g/mol. The van der Waals surface area contributed by atoms with Crippen LogP contribution in [0, 0.1) is 13.8 Å². The van der Waals surface area contributed by atoms with Crippen molar-refractivity contribution in [2.75, 3.05) is 9.80 Å². The van der Waals surface area contributed by atoms with Crippen LogP contribution in [0.1, 0.15) is 101 Å². The summed E-state index contributed by atoms with van der Waals surface area (Å²) in [5.74, 6) is -1.54. The van der Waals surface area contributed by atoms with E-state index in [1.165, 1.54) is 9.13 Å². The summed E-state index contributed by atoms with van der Waals surface area (Å²) in [6, 6.07) is 38.5. The minimum atomic E-state index is -1.54. The molecular formula is C90H66N4Se. The number of para-hydroxylation sites is 2. The van der Waals surface area contributed by atoms with E-state index in [2.05, 4.69) is 0 Å². The zero-order chi connectivity index (χ0) is 82.5. The van der Waals surface area contributed by atoms with Crippen molar-refractivity contribution >= 4 is 89.9 Å². The molecule has 0 saturated carbocycles. The fourth-order valence-corrected chi connectivity index (χ4v) is 17.2. The zero-order valence-corrected chi connectivity index (χ0v) is 53.7. The Morgan fingerprint density at radius 3 is 1.39 bits per heavy atom. The Hall–Kier alpha value is -10.9. The summed E-state index contributed by atoms with van der Waals surface area (Å²) >= 11 is -1.20. The van der Waals surface area contributed by atoms with Crippen LogP contribution in [-0.2, 0) is 11.8 Å². The van der Waals surface area contributed by atoms with Crippen molar-refractivity contribution in [2.45, 2.75) is 52.4 Å². The van der Waals surface area contributed by atoms with Gasteiger partial charge in [0.15, 0.2) is 0 Å². The van der Waals surface area contributed by atoms with Crippen molar-refractivity contribution in [1.29, 1.82) is 0 Å². The fraction of sp³-hybridized carbons (Fsp3) is 0.0889. The molecule has 1 atom stereocenters. The summed E-state index contributed by atoms with van der Waals surface area (Å²) in [6.07, 6.45) is -0.321. The first-order valence-electron chi connectivity index (χ1n) is 42.5. The topological polar surface area (TPSA) is 16.3 Å². The van der Waals surface area contributed by atoms with E-state index in [1.54, 1.807) is 0 Å². The number of hydrogen-bond acceptors (Lipinski definition) is 2. The van der Waals surface area contributed by atoms with Crippen molar-refractivity contribution in [3.63, 3.8) is 0 Å². The molecule has 16 aromatic rings. The van der Waals surface area contributed by atoms with E-state index >= 15 is 0 Å². The van der Waals surface area contributed by atoms with Gasteiger partial charge in [-0.05, 0) is 52.9 Å². The minimum absolute atomic E-state index is 0.000845. The molecule has 1 unspecified atom stereocenters. The SMILES string of the molecule is [2H]c1c([2H])c([2H])c2c(c1[2H])Cc1c-2c2c([2H])c([2H])c([2H])c([2H])c2n1-c1c([2H])c([2H])c2c(c1[2H])N(c1c(-c3ccccc3)cc(C)cc1-c1ccccc1)c1cc(C(C)(C)C)cc3c1C2c1c([2H])c([2H])c(-n2c4[se]c5c([2H])c([2H])c([2H])c([2H])c5c4c4c([2H])c([2H])c([2H])c([2H])c42)c([2H])c1N3c1c(-c2ccccc2)cc(C)cc1-c1ccccc1. The van der Waals surface area contributed by atoms with Gasteiger partial charge < -0.3 is 0 Å².